The maximum absolute atomic E-state index is 12.1. The van der Waals surface area contributed by atoms with Crippen molar-refractivity contribution in [2.45, 2.75) is 70.7 Å². The molecule has 130 valence electrons. The third kappa shape index (κ3) is 5.57. The molecule has 0 atom stereocenters. The molecule has 5 heteroatoms. The number of hydrogen-bond donors (Lipinski definition) is 1. The minimum Gasteiger partial charge on any atom is -0.444 e. The van der Waals surface area contributed by atoms with Crippen molar-refractivity contribution in [1.29, 1.82) is 0 Å². The van der Waals surface area contributed by atoms with E-state index in [2.05, 4.69) is 28.3 Å². The highest BCUT2D eigenvalue weighted by Crippen LogP contribution is 2.24. The summed E-state index contributed by atoms with van der Waals surface area (Å²) in [5, 5.41) is 3.63. The lowest BCUT2D eigenvalue weighted by Gasteiger charge is -2.35. The summed E-state index contributed by atoms with van der Waals surface area (Å²) < 4.78 is 7.53. The Morgan fingerprint density at radius 3 is 2.52 bits per heavy atom. The van der Waals surface area contributed by atoms with E-state index in [-0.39, 0.29) is 6.09 Å². The molecule has 0 aromatic carbocycles. The van der Waals surface area contributed by atoms with Crippen LogP contribution in [0.2, 0.25) is 0 Å². The van der Waals surface area contributed by atoms with E-state index in [1.54, 1.807) is 4.90 Å². The van der Waals surface area contributed by atoms with Crippen LogP contribution in [0.3, 0.4) is 0 Å². The Bertz CT molecular complexity index is 511. The molecule has 0 radical (unpaired) electrons. The molecule has 0 saturated heterocycles. The topological polar surface area (TPSA) is 46.5 Å². The van der Waals surface area contributed by atoms with Crippen molar-refractivity contribution in [3.05, 3.63) is 24.0 Å². The van der Waals surface area contributed by atoms with Crippen LogP contribution in [0.15, 0.2) is 18.5 Å². The Hall–Kier alpha value is -1.49. The average Bonchev–Trinajstić information content (AvgIpc) is 2.89. The second-order valence-electron chi connectivity index (χ2n) is 7.66. The van der Waals surface area contributed by atoms with Gasteiger partial charge in [-0.25, -0.2) is 4.79 Å². The molecule has 1 aliphatic rings. The van der Waals surface area contributed by atoms with Crippen LogP contribution >= 0.6 is 0 Å². The normalized spacial score (nSPS) is 22.0. The molecule has 1 aromatic rings. The second-order valence-corrected chi connectivity index (χ2v) is 7.66. The molecule has 1 aromatic heterocycles. The standard InChI is InChI=1S/C18H31N3O2/c1-18(2,3)23-17(22)21(5)16-8-6-15(7-9-16)19-12-14-10-11-20(4)13-14/h10-11,13,15-16,19H,6-9,12H2,1-5H3. The minimum absolute atomic E-state index is 0.210. The van der Waals surface area contributed by atoms with Crippen LogP contribution in [-0.2, 0) is 18.3 Å². The first-order valence-corrected chi connectivity index (χ1v) is 8.54. The minimum atomic E-state index is -0.431. The van der Waals surface area contributed by atoms with Crippen LogP contribution in [0.1, 0.15) is 52.0 Å². The van der Waals surface area contributed by atoms with E-state index in [0.29, 0.717) is 12.1 Å². The number of carbonyl (C=O) groups is 1. The third-order valence-corrected chi connectivity index (χ3v) is 4.41. The van der Waals surface area contributed by atoms with Gasteiger partial charge in [0.05, 0.1) is 0 Å². The fraction of sp³-hybridized carbons (Fsp3) is 0.722. The van der Waals surface area contributed by atoms with Gasteiger partial charge in [0.2, 0.25) is 0 Å². The number of carbonyl (C=O) groups excluding carboxylic acids is 1. The molecule has 0 spiro atoms. The van der Waals surface area contributed by atoms with Gasteiger partial charge in [0.15, 0.2) is 0 Å². The van der Waals surface area contributed by atoms with E-state index in [1.807, 2.05) is 34.9 Å². The zero-order chi connectivity index (χ0) is 17.0. The summed E-state index contributed by atoms with van der Waals surface area (Å²) in [5.74, 6) is 0. The number of nitrogens with zero attached hydrogens (tertiary/aromatic N) is 2. The van der Waals surface area contributed by atoms with Gasteiger partial charge < -0.3 is 19.5 Å². The predicted molar refractivity (Wildman–Crippen MR) is 92.3 cm³/mol. The molecule has 0 aliphatic heterocycles. The van der Waals surface area contributed by atoms with Crippen molar-refractivity contribution in [1.82, 2.24) is 14.8 Å². The summed E-state index contributed by atoms with van der Waals surface area (Å²) in [4.78, 5) is 13.9. The monoisotopic (exact) mass is 321 g/mol. The van der Waals surface area contributed by atoms with Crippen molar-refractivity contribution in [2.75, 3.05) is 7.05 Å². The van der Waals surface area contributed by atoms with E-state index in [9.17, 15) is 4.79 Å². The van der Waals surface area contributed by atoms with Gasteiger partial charge in [0.1, 0.15) is 5.60 Å². The molecular formula is C18H31N3O2. The summed E-state index contributed by atoms with van der Waals surface area (Å²) in [6.07, 6.45) is 8.27. The van der Waals surface area contributed by atoms with Gasteiger partial charge in [0, 0.05) is 45.1 Å². The van der Waals surface area contributed by atoms with E-state index < -0.39 is 5.60 Å². The van der Waals surface area contributed by atoms with Crippen LogP contribution in [-0.4, -0.2) is 40.3 Å². The highest BCUT2D eigenvalue weighted by atomic mass is 16.6. The van der Waals surface area contributed by atoms with Gasteiger partial charge in [-0.3, -0.25) is 0 Å². The van der Waals surface area contributed by atoms with Crippen molar-refractivity contribution < 1.29 is 9.53 Å². The largest absolute Gasteiger partial charge is 0.444 e. The summed E-state index contributed by atoms with van der Waals surface area (Å²) in [5.41, 5.74) is 0.889. The smallest absolute Gasteiger partial charge is 0.410 e. The van der Waals surface area contributed by atoms with Crippen LogP contribution in [0.25, 0.3) is 0 Å². The molecule has 1 fully saturated rings. The zero-order valence-corrected chi connectivity index (χ0v) is 15.1. The van der Waals surface area contributed by atoms with E-state index in [1.165, 1.54) is 5.56 Å². The number of rotatable bonds is 4. The third-order valence-electron chi connectivity index (χ3n) is 4.41. The van der Waals surface area contributed by atoms with Gasteiger partial charge in [-0.2, -0.15) is 0 Å². The lowest BCUT2D eigenvalue weighted by atomic mass is 9.90. The SMILES string of the molecule is CN(C(=O)OC(C)(C)C)C1CCC(NCc2ccn(C)c2)CC1. The first-order valence-electron chi connectivity index (χ1n) is 8.54. The van der Waals surface area contributed by atoms with Crippen LogP contribution < -0.4 is 5.32 Å². The quantitative estimate of drug-likeness (QED) is 0.925. The fourth-order valence-electron chi connectivity index (χ4n) is 3.08. The molecule has 1 amide bonds. The maximum atomic E-state index is 12.1. The number of ether oxygens (including phenoxy) is 1. The highest BCUT2D eigenvalue weighted by molar-refractivity contribution is 5.68. The fourth-order valence-corrected chi connectivity index (χ4v) is 3.08. The first kappa shape index (κ1) is 17.9. The Morgan fingerprint density at radius 1 is 1.35 bits per heavy atom. The molecule has 1 saturated carbocycles. The molecule has 1 heterocycles. The molecule has 2 rings (SSSR count). The second kappa shape index (κ2) is 7.39. The zero-order valence-electron chi connectivity index (χ0n) is 15.1. The van der Waals surface area contributed by atoms with Crippen LogP contribution in [0.4, 0.5) is 4.79 Å². The summed E-state index contributed by atoms with van der Waals surface area (Å²) >= 11 is 0. The Balaban J connectivity index is 1.73. The van der Waals surface area contributed by atoms with Gasteiger partial charge >= 0.3 is 6.09 Å². The number of amides is 1. The van der Waals surface area contributed by atoms with Crippen LogP contribution in [0, 0.1) is 0 Å². The number of hydrogen-bond acceptors (Lipinski definition) is 3. The van der Waals surface area contributed by atoms with Crippen molar-refractivity contribution in [2.24, 2.45) is 7.05 Å². The Morgan fingerprint density at radius 2 is 2.00 bits per heavy atom. The van der Waals surface area contributed by atoms with Crippen molar-refractivity contribution in [3.8, 4) is 0 Å². The molecule has 23 heavy (non-hydrogen) atoms. The predicted octanol–water partition coefficient (Wildman–Crippen LogP) is 3.29. The highest BCUT2D eigenvalue weighted by Gasteiger charge is 2.29. The van der Waals surface area contributed by atoms with Gasteiger partial charge in [-0.15, -0.1) is 0 Å². The summed E-state index contributed by atoms with van der Waals surface area (Å²) in [7, 11) is 3.90. The maximum Gasteiger partial charge on any atom is 0.410 e. The molecule has 5 nitrogen and oxygen atoms in total. The van der Waals surface area contributed by atoms with Crippen molar-refractivity contribution in [3.63, 3.8) is 0 Å². The van der Waals surface area contributed by atoms with Gasteiger partial charge in [-0.1, -0.05) is 0 Å². The molecule has 0 bridgehead atoms. The van der Waals surface area contributed by atoms with E-state index >= 15 is 0 Å². The van der Waals surface area contributed by atoms with Crippen LogP contribution in [0.5, 0.6) is 0 Å². The molecule has 1 aliphatic carbocycles. The first-order chi connectivity index (χ1) is 10.7. The van der Waals surface area contributed by atoms with Gasteiger partial charge in [0.25, 0.3) is 0 Å². The van der Waals surface area contributed by atoms with Gasteiger partial charge in [-0.05, 0) is 58.1 Å². The number of aromatic nitrogens is 1. The van der Waals surface area contributed by atoms with E-state index in [0.717, 1.165) is 32.2 Å². The van der Waals surface area contributed by atoms with E-state index in [4.69, 9.17) is 4.74 Å². The Kier molecular flexibility index (Phi) is 5.74. The Labute approximate surface area is 140 Å². The molecule has 1 N–H and O–H groups in total. The number of nitrogens with one attached hydrogen (secondary N) is 1. The molecule has 0 unspecified atom stereocenters. The lowest BCUT2D eigenvalue weighted by Crippen LogP contribution is -2.44. The average molecular weight is 321 g/mol. The number of aryl methyl sites for hydroxylation is 1. The van der Waals surface area contributed by atoms with Crippen molar-refractivity contribution >= 4 is 6.09 Å². The molecular weight excluding hydrogens is 290 g/mol. The summed E-state index contributed by atoms with van der Waals surface area (Å²) in [6.45, 7) is 6.63. The summed E-state index contributed by atoms with van der Waals surface area (Å²) in [6, 6.07) is 2.98. The lowest BCUT2D eigenvalue weighted by molar-refractivity contribution is 0.0179.